The Balaban J connectivity index is 1.68. The van der Waals surface area contributed by atoms with Crippen molar-refractivity contribution in [2.75, 3.05) is 6.61 Å². The van der Waals surface area contributed by atoms with Crippen LogP contribution < -0.4 is 0 Å². The molecule has 0 saturated carbocycles. The van der Waals surface area contributed by atoms with E-state index < -0.39 is 11.3 Å². The molecule has 0 radical (unpaired) electrons. The van der Waals surface area contributed by atoms with E-state index in [0.29, 0.717) is 6.61 Å². The van der Waals surface area contributed by atoms with Crippen LogP contribution in [0.15, 0.2) is 64.4 Å². The van der Waals surface area contributed by atoms with E-state index in [1.807, 2.05) is 52.8 Å². The van der Waals surface area contributed by atoms with Crippen LogP contribution in [0.3, 0.4) is 0 Å². The molecule has 1 aliphatic heterocycles. The van der Waals surface area contributed by atoms with Gasteiger partial charge in [-0.15, -0.1) is 0 Å². The van der Waals surface area contributed by atoms with Crippen molar-refractivity contribution in [1.82, 2.24) is 4.90 Å². The van der Waals surface area contributed by atoms with Gasteiger partial charge in [0.15, 0.2) is 0 Å². The lowest BCUT2D eigenvalue weighted by atomic mass is 10.1. The van der Waals surface area contributed by atoms with E-state index in [9.17, 15) is 4.79 Å². The lowest BCUT2D eigenvalue weighted by Crippen LogP contribution is -2.50. The summed E-state index contributed by atoms with van der Waals surface area (Å²) in [4.78, 5) is 16.9. The Kier molecular flexibility index (Phi) is 6.06. The van der Waals surface area contributed by atoms with Gasteiger partial charge >= 0.3 is 6.09 Å². The Morgan fingerprint density at radius 1 is 1.11 bits per heavy atom. The van der Waals surface area contributed by atoms with Crippen molar-refractivity contribution < 1.29 is 14.3 Å². The van der Waals surface area contributed by atoms with Crippen LogP contribution in [0.1, 0.15) is 40.2 Å². The number of rotatable bonds is 4. The second-order valence-electron chi connectivity index (χ2n) is 8.53. The Hall–Kier alpha value is -1.98. The summed E-state index contributed by atoms with van der Waals surface area (Å²) in [5.74, 6) is 0. The normalized spacial score (nSPS) is 18.9. The van der Waals surface area contributed by atoms with Gasteiger partial charge in [-0.3, -0.25) is 4.90 Å². The van der Waals surface area contributed by atoms with Crippen LogP contribution in [0.4, 0.5) is 4.79 Å². The van der Waals surface area contributed by atoms with Crippen molar-refractivity contribution in [3.63, 3.8) is 0 Å². The molecule has 1 amide bonds. The van der Waals surface area contributed by atoms with Gasteiger partial charge in [0.2, 0.25) is 0 Å². The molecule has 0 aromatic heterocycles. The summed E-state index contributed by atoms with van der Waals surface area (Å²) in [7, 11) is 0. The molecule has 1 saturated heterocycles. The maximum Gasteiger partial charge on any atom is 0.412 e. The summed E-state index contributed by atoms with van der Waals surface area (Å²) >= 11 is 1.74. The highest BCUT2D eigenvalue weighted by Gasteiger charge is 2.45. The quantitative estimate of drug-likeness (QED) is 0.656. The van der Waals surface area contributed by atoms with Crippen molar-refractivity contribution in [1.29, 1.82) is 0 Å². The molecule has 0 bridgehead atoms. The van der Waals surface area contributed by atoms with Gasteiger partial charge in [0.05, 0.1) is 12.6 Å². The van der Waals surface area contributed by atoms with E-state index in [4.69, 9.17) is 9.47 Å². The molecule has 4 nitrogen and oxygen atoms in total. The number of amides is 1. The molecule has 0 spiro atoms. The average Bonchev–Trinajstić information content (AvgIpc) is 2.90. The van der Waals surface area contributed by atoms with Crippen molar-refractivity contribution >= 4 is 17.9 Å². The van der Waals surface area contributed by atoms with Crippen LogP contribution >= 0.6 is 11.8 Å². The fourth-order valence-electron chi connectivity index (χ4n) is 3.30. The molecular formula is C23H29NO3S. The summed E-state index contributed by atoms with van der Waals surface area (Å²) in [6.07, 6.45) is 0.412. The van der Waals surface area contributed by atoms with Crippen LogP contribution in [-0.4, -0.2) is 35.0 Å². The van der Waals surface area contributed by atoms with Gasteiger partial charge in [-0.05, 0) is 70.9 Å². The lowest BCUT2D eigenvalue weighted by molar-refractivity contribution is -0.0624. The highest BCUT2D eigenvalue weighted by molar-refractivity contribution is 7.99. The zero-order valence-electron chi connectivity index (χ0n) is 17.3. The molecule has 1 aliphatic rings. The first kappa shape index (κ1) is 20.7. The van der Waals surface area contributed by atoms with E-state index >= 15 is 0 Å². The van der Waals surface area contributed by atoms with Gasteiger partial charge in [-0.2, -0.15) is 0 Å². The molecule has 1 atom stereocenters. The molecular weight excluding hydrogens is 370 g/mol. The summed E-state index contributed by atoms with van der Waals surface area (Å²) in [5, 5.41) is 0. The molecule has 5 heteroatoms. The first-order chi connectivity index (χ1) is 13.1. The van der Waals surface area contributed by atoms with Gasteiger partial charge in [0, 0.05) is 9.79 Å². The maximum absolute atomic E-state index is 12.8. The van der Waals surface area contributed by atoms with Crippen molar-refractivity contribution in [2.24, 2.45) is 0 Å². The number of nitrogens with zero attached hydrogens (tertiary/aromatic N) is 1. The van der Waals surface area contributed by atoms with Crippen LogP contribution in [0, 0.1) is 0 Å². The van der Waals surface area contributed by atoms with Gasteiger partial charge in [0.25, 0.3) is 0 Å². The minimum absolute atomic E-state index is 0.0440. The molecule has 1 heterocycles. The predicted molar refractivity (Wildman–Crippen MR) is 113 cm³/mol. The average molecular weight is 400 g/mol. The third-order valence-corrected chi connectivity index (χ3v) is 5.55. The Morgan fingerprint density at radius 3 is 2.32 bits per heavy atom. The topological polar surface area (TPSA) is 38.8 Å². The van der Waals surface area contributed by atoms with Crippen LogP contribution in [0.5, 0.6) is 0 Å². The molecule has 0 N–H and O–H groups in total. The SMILES string of the molecule is CC(C)(C)OC(=O)N1[C@@H](Cc2ccc(Sc3ccccc3)cc2)COC1(C)C. The first-order valence-electron chi connectivity index (χ1n) is 9.62. The lowest BCUT2D eigenvalue weighted by Gasteiger charge is -2.35. The first-order valence-corrected chi connectivity index (χ1v) is 10.4. The Morgan fingerprint density at radius 2 is 1.71 bits per heavy atom. The maximum atomic E-state index is 12.8. The standard InChI is InChI=1S/C23H29NO3S/c1-22(2,3)27-21(25)24-18(16-26-23(24,4)5)15-17-11-13-20(14-12-17)28-19-9-7-6-8-10-19/h6-14,18H,15-16H2,1-5H3/t18-/m0/s1. The third-order valence-electron chi connectivity index (χ3n) is 4.54. The van der Waals surface area contributed by atoms with E-state index in [1.165, 1.54) is 15.4 Å². The largest absolute Gasteiger partial charge is 0.444 e. The van der Waals surface area contributed by atoms with Crippen LogP contribution in [-0.2, 0) is 15.9 Å². The monoisotopic (exact) mass is 399 g/mol. The highest BCUT2D eigenvalue weighted by Crippen LogP contribution is 2.32. The van der Waals surface area contributed by atoms with Gasteiger partial charge in [-0.1, -0.05) is 42.1 Å². The summed E-state index contributed by atoms with van der Waals surface area (Å²) in [5.41, 5.74) is -0.0236. The zero-order valence-corrected chi connectivity index (χ0v) is 18.1. The van der Waals surface area contributed by atoms with Gasteiger partial charge in [0.1, 0.15) is 11.3 Å². The number of hydrogen-bond donors (Lipinski definition) is 0. The van der Waals surface area contributed by atoms with Crippen molar-refractivity contribution in [3.05, 3.63) is 60.2 Å². The second kappa shape index (κ2) is 8.18. The Labute approximate surface area is 172 Å². The fourth-order valence-corrected chi connectivity index (χ4v) is 4.14. The summed E-state index contributed by atoms with van der Waals surface area (Å²) < 4.78 is 11.5. The molecule has 2 aromatic rings. The molecule has 0 unspecified atom stereocenters. The summed E-state index contributed by atoms with van der Waals surface area (Å²) in [6.45, 7) is 9.98. The molecule has 28 heavy (non-hydrogen) atoms. The zero-order chi connectivity index (χ0) is 20.4. The van der Waals surface area contributed by atoms with Crippen molar-refractivity contribution in [3.8, 4) is 0 Å². The highest BCUT2D eigenvalue weighted by atomic mass is 32.2. The molecule has 1 fully saturated rings. The smallest absolute Gasteiger partial charge is 0.412 e. The second-order valence-corrected chi connectivity index (χ2v) is 9.67. The van der Waals surface area contributed by atoms with Crippen LogP contribution in [0.2, 0.25) is 0 Å². The van der Waals surface area contributed by atoms with Gasteiger partial charge < -0.3 is 9.47 Å². The molecule has 3 rings (SSSR count). The third kappa shape index (κ3) is 5.30. The number of ether oxygens (including phenoxy) is 2. The Bertz CT molecular complexity index is 797. The summed E-state index contributed by atoms with van der Waals surface area (Å²) in [6, 6.07) is 18.8. The minimum atomic E-state index is -0.671. The minimum Gasteiger partial charge on any atom is -0.444 e. The van der Waals surface area contributed by atoms with E-state index in [2.05, 4.69) is 36.4 Å². The van der Waals surface area contributed by atoms with E-state index in [1.54, 1.807) is 16.7 Å². The molecule has 150 valence electrons. The number of benzene rings is 2. The van der Waals surface area contributed by atoms with E-state index in [0.717, 1.165) is 6.42 Å². The number of hydrogen-bond acceptors (Lipinski definition) is 4. The van der Waals surface area contributed by atoms with Crippen molar-refractivity contribution in [2.45, 2.75) is 68.2 Å². The number of carbonyl (C=O) groups is 1. The van der Waals surface area contributed by atoms with E-state index in [-0.39, 0.29) is 12.1 Å². The van der Waals surface area contributed by atoms with Crippen LogP contribution in [0.25, 0.3) is 0 Å². The van der Waals surface area contributed by atoms with Gasteiger partial charge in [-0.25, -0.2) is 4.79 Å². The number of carbonyl (C=O) groups excluding carboxylic acids is 1. The predicted octanol–water partition coefficient (Wildman–Crippen LogP) is 5.75. The molecule has 2 aromatic carbocycles. The fraction of sp³-hybridized carbons (Fsp3) is 0.435. The molecule has 0 aliphatic carbocycles.